The van der Waals surface area contributed by atoms with Gasteiger partial charge >= 0.3 is 0 Å². The molecule has 128 valence electrons. The van der Waals surface area contributed by atoms with E-state index in [9.17, 15) is 4.79 Å². The van der Waals surface area contributed by atoms with Gasteiger partial charge in [0.15, 0.2) is 0 Å². The number of hydrogen-bond donors (Lipinski definition) is 1. The Bertz CT molecular complexity index is 561. The van der Waals surface area contributed by atoms with Gasteiger partial charge in [0.2, 0.25) is 0 Å². The first kappa shape index (κ1) is 16.5. The lowest BCUT2D eigenvalue weighted by atomic mass is 9.95. The Morgan fingerprint density at radius 1 is 1.43 bits per heavy atom. The van der Waals surface area contributed by atoms with Crippen molar-refractivity contribution in [1.82, 2.24) is 15.1 Å². The van der Waals surface area contributed by atoms with Gasteiger partial charge in [-0.05, 0) is 52.4 Å². The van der Waals surface area contributed by atoms with Crippen LogP contribution in [0.25, 0.3) is 0 Å². The van der Waals surface area contributed by atoms with E-state index in [4.69, 9.17) is 4.74 Å². The van der Waals surface area contributed by atoms with Crippen LogP contribution < -0.4 is 5.32 Å². The lowest BCUT2D eigenvalue weighted by Gasteiger charge is -2.36. The van der Waals surface area contributed by atoms with Crippen molar-refractivity contribution in [2.45, 2.75) is 83.5 Å². The third kappa shape index (κ3) is 3.94. The number of carbonyl (C=O) groups is 1. The molecule has 1 amide bonds. The smallest absolute Gasteiger partial charge is 0.254 e. The summed E-state index contributed by atoms with van der Waals surface area (Å²) in [6, 6.07) is 0. The SMILES string of the molecule is CCCn1ncc(C(=O)NCC2CCCC(C)(C)O2)c1C1CC1. The second kappa shape index (κ2) is 6.63. The van der Waals surface area contributed by atoms with E-state index in [2.05, 4.69) is 31.2 Å². The van der Waals surface area contributed by atoms with E-state index in [-0.39, 0.29) is 17.6 Å². The number of carbonyl (C=O) groups excluding carboxylic acids is 1. The van der Waals surface area contributed by atoms with Gasteiger partial charge < -0.3 is 10.1 Å². The maximum Gasteiger partial charge on any atom is 0.254 e. The van der Waals surface area contributed by atoms with Gasteiger partial charge in [-0.1, -0.05) is 6.92 Å². The van der Waals surface area contributed by atoms with Crippen molar-refractivity contribution in [3.05, 3.63) is 17.5 Å². The quantitative estimate of drug-likeness (QED) is 0.875. The largest absolute Gasteiger partial charge is 0.371 e. The Labute approximate surface area is 138 Å². The summed E-state index contributed by atoms with van der Waals surface area (Å²) in [7, 11) is 0. The molecule has 5 nitrogen and oxygen atoms in total. The molecule has 0 radical (unpaired) electrons. The molecule has 0 aromatic carbocycles. The Morgan fingerprint density at radius 3 is 2.87 bits per heavy atom. The molecule has 0 spiro atoms. The minimum atomic E-state index is -0.0706. The van der Waals surface area contributed by atoms with Crippen molar-refractivity contribution >= 4 is 5.91 Å². The van der Waals surface area contributed by atoms with Crippen LogP contribution in [0, 0.1) is 0 Å². The summed E-state index contributed by atoms with van der Waals surface area (Å²) in [5.41, 5.74) is 1.82. The molecule has 2 heterocycles. The average molecular weight is 319 g/mol. The lowest BCUT2D eigenvalue weighted by Crippen LogP contribution is -2.42. The van der Waals surface area contributed by atoms with E-state index in [0.29, 0.717) is 12.5 Å². The average Bonchev–Trinajstić information content (AvgIpc) is 3.25. The number of ether oxygens (including phenoxy) is 1. The van der Waals surface area contributed by atoms with Gasteiger partial charge in [0.25, 0.3) is 5.91 Å². The van der Waals surface area contributed by atoms with Crippen molar-refractivity contribution in [2.24, 2.45) is 0 Å². The van der Waals surface area contributed by atoms with Crippen LogP contribution in [-0.4, -0.2) is 33.9 Å². The Hall–Kier alpha value is -1.36. The van der Waals surface area contributed by atoms with Crippen LogP contribution in [0.1, 0.15) is 81.3 Å². The first-order valence-electron chi connectivity index (χ1n) is 9.02. The van der Waals surface area contributed by atoms with Gasteiger partial charge in [0, 0.05) is 19.0 Å². The molecule has 2 aliphatic rings. The molecular weight excluding hydrogens is 290 g/mol. The van der Waals surface area contributed by atoms with E-state index in [1.54, 1.807) is 6.20 Å². The van der Waals surface area contributed by atoms with Crippen LogP contribution in [0.5, 0.6) is 0 Å². The Kier molecular flexibility index (Phi) is 4.76. The highest BCUT2D eigenvalue weighted by molar-refractivity contribution is 5.95. The molecule has 3 rings (SSSR count). The molecule has 2 fully saturated rings. The molecule has 5 heteroatoms. The zero-order chi connectivity index (χ0) is 16.4. The topological polar surface area (TPSA) is 56.2 Å². The second-order valence-electron chi connectivity index (χ2n) is 7.54. The second-order valence-corrected chi connectivity index (χ2v) is 7.54. The summed E-state index contributed by atoms with van der Waals surface area (Å²) in [4.78, 5) is 12.6. The molecule has 1 saturated carbocycles. The van der Waals surface area contributed by atoms with E-state index in [0.717, 1.165) is 43.5 Å². The predicted molar refractivity (Wildman–Crippen MR) is 89.6 cm³/mol. The maximum atomic E-state index is 12.6. The van der Waals surface area contributed by atoms with Crippen molar-refractivity contribution in [2.75, 3.05) is 6.54 Å². The Morgan fingerprint density at radius 2 is 2.22 bits per heavy atom. The van der Waals surface area contributed by atoms with Crippen LogP contribution in [0.2, 0.25) is 0 Å². The zero-order valence-corrected chi connectivity index (χ0v) is 14.6. The number of rotatable bonds is 6. The van der Waals surface area contributed by atoms with Crippen LogP contribution in [-0.2, 0) is 11.3 Å². The fourth-order valence-electron chi connectivity index (χ4n) is 3.52. The van der Waals surface area contributed by atoms with Gasteiger partial charge in [-0.3, -0.25) is 9.48 Å². The molecule has 1 aromatic rings. The molecule has 1 saturated heterocycles. The number of nitrogens with one attached hydrogen (secondary N) is 1. The minimum Gasteiger partial charge on any atom is -0.371 e. The van der Waals surface area contributed by atoms with Gasteiger partial charge in [0.05, 0.1) is 29.2 Å². The van der Waals surface area contributed by atoms with Crippen LogP contribution in [0.4, 0.5) is 0 Å². The third-order valence-electron chi connectivity index (χ3n) is 4.81. The molecule has 1 aliphatic heterocycles. The normalized spacial score (nSPS) is 23.7. The molecule has 0 bridgehead atoms. The molecule has 23 heavy (non-hydrogen) atoms. The molecule has 1 unspecified atom stereocenters. The van der Waals surface area contributed by atoms with E-state index < -0.39 is 0 Å². The summed E-state index contributed by atoms with van der Waals surface area (Å²) in [6.07, 6.45) is 8.53. The summed E-state index contributed by atoms with van der Waals surface area (Å²) in [5, 5.41) is 7.50. The van der Waals surface area contributed by atoms with Crippen LogP contribution >= 0.6 is 0 Å². The lowest BCUT2D eigenvalue weighted by molar-refractivity contribution is -0.104. The van der Waals surface area contributed by atoms with Gasteiger partial charge in [-0.15, -0.1) is 0 Å². The van der Waals surface area contributed by atoms with Gasteiger partial charge in [-0.2, -0.15) is 5.10 Å². The number of aryl methyl sites for hydroxylation is 1. The summed E-state index contributed by atoms with van der Waals surface area (Å²) < 4.78 is 8.08. The summed E-state index contributed by atoms with van der Waals surface area (Å²) >= 11 is 0. The van der Waals surface area contributed by atoms with Crippen LogP contribution in [0.15, 0.2) is 6.20 Å². The van der Waals surface area contributed by atoms with Crippen molar-refractivity contribution in [1.29, 1.82) is 0 Å². The molecular formula is C18H29N3O2. The summed E-state index contributed by atoms with van der Waals surface area (Å²) in [6.45, 7) is 7.87. The van der Waals surface area contributed by atoms with E-state index in [1.807, 2.05) is 4.68 Å². The molecule has 1 aliphatic carbocycles. The van der Waals surface area contributed by atoms with Crippen molar-refractivity contribution in [3.8, 4) is 0 Å². The standard InChI is InChI=1S/C18H29N3O2/c1-4-10-21-16(13-7-8-13)15(12-20-21)17(22)19-11-14-6-5-9-18(2,3)23-14/h12-14H,4-11H2,1-3H3,(H,19,22). The fraction of sp³-hybridized carbons (Fsp3) is 0.778. The van der Waals surface area contributed by atoms with E-state index >= 15 is 0 Å². The fourth-order valence-corrected chi connectivity index (χ4v) is 3.52. The monoisotopic (exact) mass is 319 g/mol. The van der Waals surface area contributed by atoms with Crippen molar-refractivity contribution in [3.63, 3.8) is 0 Å². The highest BCUT2D eigenvalue weighted by atomic mass is 16.5. The van der Waals surface area contributed by atoms with Crippen molar-refractivity contribution < 1.29 is 9.53 Å². The highest BCUT2D eigenvalue weighted by Gasteiger charge is 2.33. The van der Waals surface area contributed by atoms with Crippen LogP contribution in [0.3, 0.4) is 0 Å². The molecule has 1 N–H and O–H groups in total. The number of amides is 1. The first-order chi connectivity index (χ1) is 11.0. The molecule has 1 aromatic heterocycles. The number of aromatic nitrogens is 2. The third-order valence-corrected chi connectivity index (χ3v) is 4.81. The molecule has 1 atom stereocenters. The zero-order valence-electron chi connectivity index (χ0n) is 14.6. The predicted octanol–water partition coefficient (Wildman–Crippen LogP) is 3.25. The van der Waals surface area contributed by atoms with Gasteiger partial charge in [0.1, 0.15) is 0 Å². The Balaban J connectivity index is 1.62. The summed E-state index contributed by atoms with van der Waals surface area (Å²) in [5.74, 6) is 0.524. The maximum absolute atomic E-state index is 12.6. The first-order valence-corrected chi connectivity index (χ1v) is 9.02. The number of hydrogen-bond acceptors (Lipinski definition) is 3. The minimum absolute atomic E-state index is 0.00114. The number of nitrogens with zero attached hydrogens (tertiary/aromatic N) is 2. The highest BCUT2D eigenvalue weighted by Crippen LogP contribution is 2.41. The van der Waals surface area contributed by atoms with E-state index in [1.165, 1.54) is 12.8 Å². The van der Waals surface area contributed by atoms with Gasteiger partial charge in [-0.25, -0.2) is 0 Å².